The number of phenols is 4. The number of fused-ring (bicyclic) bond motifs is 14. The van der Waals surface area contributed by atoms with Gasteiger partial charge in [-0.3, -0.25) is 28.8 Å². The number of carboxylic acids is 2. The van der Waals surface area contributed by atoms with Crippen LogP contribution in [0.1, 0.15) is 75.3 Å². The minimum Gasteiger partial charge on any atom is -0.508 e. The summed E-state index contributed by atoms with van der Waals surface area (Å²) >= 11 is 14.0. The van der Waals surface area contributed by atoms with Gasteiger partial charge in [0.25, 0.3) is 0 Å². The number of aromatic hydroxyl groups is 4. The molecule has 38 heteroatoms. The van der Waals surface area contributed by atoms with Crippen LogP contribution in [-0.4, -0.2) is 201 Å². The summed E-state index contributed by atoms with van der Waals surface area (Å²) in [5.74, 6) is -18.5. The number of carboxylic acid groups (broad SMARTS) is 2. The number of aliphatic carboxylic acids is 2. The van der Waals surface area contributed by atoms with Gasteiger partial charge in [-0.15, -0.1) is 0 Å². The Labute approximate surface area is 623 Å². The highest BCUT2D eigenvalue weighted by Gasteiger charge is 2.50. The van der Waals surface area contributed by atoms with Crippen molar-refractivity contribution in [2.75, 3.05) is 13.7 Å². The van der Waals surface area contributed by atoms with E-state index in [1.54, 1.807) is 0 Å². The molecule has 0 saturated carbocycles. The van der Waals surface area contributed by atoms with E-state index in [0.717, 1.165) is 72.8 Å². The van der Waals surface area contributed by atoms with Crippen molar-refractivity contribution >= 4 is 70.6 Å². The number of carbonyl (C=O) groups excluding carboxylic acids is 6. The number of hydrogen-bond donors (Lipinski definition) is 21. The first-order chi connectivity index (χ1) is 51.9. The summed E-state index contributed by atoms with van der Waals surface area (Å²) < 4.78 is 42.9. The number of likely N-dealkylation sites (N-methyl/N-ethyl adjacent to an activating group) is 1. The fourth-order valence-electron chi connectivity index (χ4n) is 13.3. The van der Waals surface area contributed by atoms with Gasteiger partial charge in [0.2, 0.25) is 53.8 Å². The molecule has 8 aliphatic rings. The number of benzene rings is 7. The second-order valence-electron chi connectivity index (χ2n) is 26.0. The van der Waals surface area contributed by atoms with Crippen LogP contribution >= 0.6 is 23.2 Å². The Hall–Kier alpha value is -11.4. The normalized spacial score (nSPS) is 28.2. The first-order valence-electron chi connectivity index (χ1n) is 33.1. The lowest BCUT2D eigenvalue weighted by Gasteiger charge is -2.40. The molecule has 7 aromatic rings. The number of aliphatic hydroxyl groups is 7. The van der Waals surface area contributed by atoms with Crippen LogP contribution in [0.15, 0.2) is 115 Å². The smallest absolute Gasteiger partial charge is 0.335 e. The molecule has 0 spiro atoms. The minimum atomic E-state index is -2.42. The number of rotatable bonds is 8. The number of phenolic OH excluding ortho intramolecular Hbond substituents is 4. The molecule has 572 valence electrons. The molecule has 8 aliphatic heterocycles. The number of halogens is 2. The van der Waals surface area contributed by atoms with Gasteiger partial charge in [-0.1, -0.05) is 53.5 Å². The van der Waals surface area contributed by atoms with Crippen molar-refractivity contribution in [2.24, 2.45) is 5.73 Å². The van der Waals surface area contributed by atoms with Crippen LogP contribution in [0.4, 0.5) is 0 Å². The van der Waals surface area contributed by atoms with Gasteiger partial charge < -0.3 is 142 Å². The van der Waals surface area contributed by atoms with Gasteiger partial charge >= 0.3 is 11.9 Å². The maximum Gasteiger partial charge on any atom is 0.335 e. The number of ether oxygens (including phenoxy) is 7. The van der Waals surface area contributed by atoms with Crippen LogP contribution in [0, 0.1) is 0 Å². The summed E-state index contributed by atoms with van der Waals surface area (Å²) in [6, 6.07) is 4.60. The SMILES string of the molecule is CN[C@H]1C(=O)N[C@@H]2Cc3ccc(cc3)Oc3cc4cc(c3O[C@@H]3OC(C(=O)O)C(O)[C@H](O)C3N)Oc3ccc(cc3Cl)[C@@H](O)C3NC(=O)[C@H](NC(=O)[C@@H]4NC(=O)[C@@H](NC2=O)c2cc(cc(O)c2Cl)Oc2cc1ccc2O)c1ccc(O)c(c1)-c1c(O[C@H]2O[C@H](CO)[C@@H](O)[C@H](O)[C@@H]2O)cc(O)cc1[C@@H](C(=O)O)NC3=O. The highest BCUT2D eigenvalue weighted by Crippen LogP contribution is 2.50. The molecule has 7 aromatic carbocycles. The number of aliphatic hydroxyl groups excluding tert-OH is 7. The molecule has 0 aliphatic carbocycles. The first kappa shape index (κ1) is 75.9. The standard InChI is InChI=1S/C71H66Cl2N8O28/c1-75-48-25-5-10-37(85)40(15-25)104-30-20-33(46(73)38(86)21-30)51-66(97)78-50-27-16-42(103-29-7-2-23(3-8-29)12-35(62(93)79-51)76-63(48)94)60(108-70-47(74)56(89)58(91)61(109-70)69(101)102)43(17-27)105-39-11-6-26(14-34(39)72)54(87)53-67(98)80-52(68(99)100)32-18-28(83)19-41(106-71-59(92)57(90)55(88)44(22-82)107-71)45(32)31-13-24(4-9-36(31)84)49(64(95)81-53)77-65(50)96/h2-11,13-21,35,44,47-59,61,70-71,75,82-92H,12,22,74H2,1H3,(H,76,94)(H,77,96)(H,78,97)(H,79,93)(H,80,98)(H,81,95)(H,99,100)(H,101,102)/t35-,44-,47?,48-,49-,50-,51+,52+,53?,54-,55-,56-,57+,58?,59+,61?,70-,71+/m1/s1. The molecule has 109 heavy (non-hydrogen) atoms. The summed E-state index contributed by atoms with van der Waals surface area (Å²) in [6.45, 7) is -0.985. The van der Waals surface area contributed by atoms with E-state index in [1.165, 1.54) is 49.5 Å². The second-order valence-corrected chi connectivity index (χ2v) is 26.8. The average Bonchev–Trinajstić information content (AvgIpc) is 0.763. The van der Waals surface area contributed by atoms with Gasteiger partial charge in [-0.05, 0) is 108 Å². The molecule has 15 rings (SSSR count). The Bertz CT molecular complexity index is 4840. The molecule has 36 nitrogen and oxygen atoms in total. The summed E-state index contributed by atoms with van der Waals surface area (Å²) in [7, 11) is 1.42. The molecule has 6 amide bonds. The number of nitrogens with one attached hydrogen (secondary N) is 7. The predicted molar refractivity (Wildman–Crippen MR) is 368 cm³/mol. The maximum atomic E-state index is 16.4. The molecule has 4 unspecified atom stereocenters. The largest absolute Gasteiger partial charge is 0.508 e. The van der Waals surface area contributed by atoms with Crippen molar-refractivity contribution < 1.29 is 138 Å². The van der Waals surface area contributed by atoms with Crippen molar-refractivity contribution in [3.8, 4) is 80.1 Å². The van der Waals surface area contributed by atoms with Gasteiger partial charge in [0.1, 0.15) is 119 Å². The zero-order chi connectivity index (χ0) is 78.0. The quantitative estimate of drug-likeness (QED) is 0.0969. The zero-order valence-electron chi connectivity index (χ0n) is 56.0. The Morgan fingerprint density at radius 3 is 1.87 bits per heavy atom. The summed E-state index contributed by atoms with van der Waals surface area (Å²) in [6.07, 6.45) is -21.3. The van der Waals surface area contributed by atoms with Crippen LogP contribution < -0.4 is 66.6 Å². The maximum absolute atomic E-state index is 16.4. The Morgan fingerprint density at radius 2 is 1.18 bits per heavy atom. The molecule has 0 radical (unpaired) electrons. The second kappa shape index (κ2) is 30.4. The number of nitrogens with two attached hydrogens (primary N) is 1. The first-order valence-corrected chi connectivity index (χ1v) is 33.8. The van der Waals surface area contributed by atoms with Gasteiger partial charge in [0, 0.05) is 40.8 Å². The van der Waals surface area contributed by atoms with Gasteiger partial charge in [0.15, 0.2) is 35.1 Å². The summed E-state index contributed by atoms with van der Waals surface area (Å²) in [4.78, 5) is 120. The van der Waals surface area contributed by atoms with Gasteiger partial charge in [-0.25, -0.2) is 9.59 Å². The highest BCUT2D eigenvalue weighted by molar-refractivity contribution is 6.33. The Kier molecular flexibility index (Phi) is 21.1. The van der Waals surface area contributed by atoms with E-state index in [2.05, 4.69) is 37.2 Å². The molecule has 2 saturated heterocycles. The summed E-state index contributed by atoms with van der Waals surface area (Å²) in [5.41, 5.74) is 3.24. The van der Waals surface area contributed by atoms with E-state index in [4.69, 9.17) is 62.1 Å². The van der Waals surface area contributed by atoms with Gasteiger partial charge in [0.05, 0.1) is 22.7 Å². The number of amides is 6. The molecular formula is C71H66Cl2N8O28. The van der Waals surface area contributed by atoms with E-state index < -0.39 is 265 Å². The van der Waals surface area contributed by atoms with Crippen LogP contribution in [0.3, 0.4) is 0 Å². The lowest BCUT2D eigenvalue weighted by molar-refractivity contribution is -0.277. The number of carbonyl (C=O) groups is 8. The van der Waals surface area contributed by atoms with Crippen LogP contribution in [0.25, 0.3) is 11.1 Å². The predicted octanol–water partition coefficient (Wildman–Crippen LogP) is 0.250. The van der Waals surface area contributed by atoms with Crippen molar-refractivity contribution in [2.45, 2.75) is 116 Å². The molecule has 8 heterocycles. The van der Waals surface area contributed by atoms with Crippen LogP contribution in [-0.2, 0) is 54.3 Å². The Balaban J connectivity index is 1.06. The highest BCUT2D eigenvalue weighted by atomic mass is 35.5. The Morgan fingerprint density at radius 1 is 0.541 bits per heavy atom. The van der Waals surface area contributed by atoms with E-state index in [0.29, 0.717) is 5.56 Å². The van der Waals surface area contributed by atoms with Crippen molar-refractivity contribution in [3.63, 3.8) is 0 Å². The molecular weight excluding hydrogens is 1480 g/mol. The monoisotopic (exact) mass is 1550 g/mol. The molecule has 2 fully saturated rings. The zero-order valence-corrected chi connectivity index (χ0v) is 57.6. The average molecular weight is 1550 g/mol. The fraction of sp³-hybridized carbons (Fsp3) is 0.296. The lowest BCUT2D eigenvalue weighted by Crippen LogP contribution is -2.64. The van der Waals surface area contributed by atoms with E-state index in [-0.39, 0.29) is 28.4 Å². The van der Waals surface area contributed by atoms with Crippen molar-refractivity contribution in [1.82, 2.24) is 37.2 Å². The third-order valence-electron chi connectivity index (χ3n) is 18.9. The van der Waals surface area contributed by atoms with E-state index >= 15 is 24.0 Å². The van der Waals surface area contributed by atoms with Crippen molar-refractivity contribution in [3.05, 3.63) is 164 Å². The third kappa shape index (κ3) is 14.8. The van der Waals surface area contributed by atoms with Crippen LogP contribution in [0.5, 0.6) is 69.0 Å². The van der Waals surface area contributed by atoms with Crippen molar-refractivity contribution in [1.29, 1.82) is 0 Å². The van der Waals surface area contributed by atoms with E-state index in [1.807, 2.05) is 0 Å². The number of hydrogen-bond acceptors (Lipinski definition) is 28. The third-order valence-corrected chi connectivity index (χ3v) is 19.6. The molecule has 18 atom stereocenters. The molecule has 17 bridgehead atoms. The topological polar surface area (TPSA) is 574 Å². The lowest BCUT2D eigenvalue weighted by atomic mass is 9.89. The molecule has 0 aromatic heterocycles. The van der Waals surface area contributed by atoms with E-state index in [9.17, 15) is 80.8 Å². The molecule has 22 N–H and O–H groups in total. The fourth-order valence-corrected chi connectivity index (χ4v) is 13.7. The summed E-state index contributed by atoms with van der Waals surface area (Å²) in [5, 5.41) is 162. The minimum absolute atomic E-state index is 0.130. The van der Waals surface area contributed by atoms with Crippen LogP contribution in [0.2, 0.25) is 10.0 Å². The van der Waals surface area contributed by atoms with Gasteiger partial charge in [-0.2, -0.15) is 0 Å².